The Labute approximate surface area is 116 Å². The van der Waals surface area contributed by atoms with E-state index in [0.29, 0.717) is 11.3 Å². The predicted octanol–water partition coefficient (Wildman–Crippen LogP) is 3.26. The Morgan fingerprint density at radius 1 is 1.00 bits per heavy atom. The highest BCUT2D eigenvalue weighted by atomic mass is 19.1. The lowest BCUT2D eigenvalue weighted by molar-refractivity contribution is -0.112. The molecule has 0 bridgehead atoms. The SMILES string of the molecule is Cc1cc(C(=O)C(=O)Nc2ccccc2C)ccc1F. The van der Waals surface area contributed by atoms with Gasteiger partial charge in [-0.1, -0.05) is 18.2 Å². The molecule has 2 aromatic rings. The number of amides is 1. The lowest BCUT2D eigenvalue weighted by Crippen LogP contribution is -2.23. The van der Waals surface area contributed by atoms with Crippen molar-refractivity contribution in [1.82, 2.24) is 0 Å². The van der Waals surface area contributed by atoms with Crippen molar-refractivity contribution < 1.29 is 14.0 Å². The summed E-state index contributed by atoms with van der Waals surface area (Å²) in [6, 6.07) is 11.0. The fraction of sp³-hybridized carbons (Fsp3) is 0.125. The van der Waals surface area contributed by atoms with Gasteiger partial charge < -0.3 is 5.32 Å². The van der Waals surface area contributed by atoms with E-state index in [-0.39, 0.29) is 5.56 Å². The molecule has 1 N–H and O–H groups in total. The van der Waals surface area contributed by atoms with Crippen LogP contribution in [0, 0.1) is 19.7 Å². The first-order valence-corrected chi connectivity index (χ1v) is 6.16. The molecule has 20 heavy (non-hydrogen) atoms. The first-order chi connectivity index (χ1) is 9.49. The summed E-state index contributed by atoms with van der Waals surface area (Å²) in [5.41, 5.74) is 1.96. The van der Waals surface area contributed by atoms with Crippen LogP contribution in [-0.2, 0) is 4.79 Å². The minimum Gasteiger partial charge on any atom is -0.319 e. The zero-order chi connectivity index (χ0) is 14.7. The van der Waals surface area contributed by atoms with Crippen molar-refractivity contribution in [3.63, 3.8) is 0 Å². The summed E-state index contributed by atoms with van der Waals surface area (Å²) in [5.74, 6) is -1.82. The van der Waals surface area contributed by atoms with Crippen LogP contribution in [0.1, 0.15) is 21.5 Å². The molecule has 0 heterocycles. The summed E-state index contributed by atoms with van der Waals surface area (Å²) in [7, 11) is 0. The maximum absolute atomic E-state index is 13.2. The number of para-hydroxylation sites is 1. The second kappa shape index (κ2) is 5.65. The molecule has 0 aliphatic rings. The lowest BCUT2D eigenvalue weighted by Gasteiger charge is -2.07. The Kier molecular flexibility index (Phi) is 3.94. The number of carbonyl (C=O) groups is 2. The van der Waals surface area contributed by atoms with Crippen molar-refractivity contribution in [2.24, 2.45) is 0 Å². The molecule has 0 spiro atoms. The molecule has 0 saturated heterocycles. The van der Waals surface area contributed by atoms with E-state index in [1.54, 1.807) is 19.1 Å². The average molecular weight is 271 g/mol. The Morgan fingerprint density at radius 2 is 1.70 bits per heavy atom. The van der Waals surface area contributed by atoms with Crippen LogP contribution in [0.3, 0.4) is 0 Å². The van der Waals surface area contributed by atoms with Gasteiger partial charge >= 0.3 is 0 Å². The third-order valence-corrected chi connectivity index (χ3v) is 3.02. The van der Waals surface area contributed by atoms with Gasteiger partial charge in [0, 0.05) is 11.3 Å². The zero-order valence-electron chi connectivity index (χ0n) is 11.2. The van der Waals surface area contributed by atoms with E-state index in [0.717, 1.165) is 5.56 Å². The van der Waals surface area contributed by atoms with E-state index in [1.165, 1.54) is 18.2 Å². The van der Waals surface area contributed by atoms with Crippen molar-refractivity contribution in [2.75, 3.05) is 5.32 Å². The van der Waals surface area contributed by atoms with Gasteiger partial charge in [0.15, 0.2) is 0 Å². The minimum absolute atomic E-state index is 0.176. The number of carbonyl (C=O) groups excluding carboxylic acids is 2. The predicted molar refractivity (Wildman–Crippen MR) is 75.3 cm³/mol. The highest BCUT2D eigenvalue weighted by Gasteiger charge is 2.17. The molecule has 2 rings (SSSR count). The Hall–Kier alpha value is -2.49. The van der Waals surface area contributed by atoms with Gasteiger partial charge in [0.05, 0.1) is 0 Å². The third-order valence-electron chi connectivity index (χ3n) is 3.02. The monoisotopic (exact) mass is 271 g/mol. The van der Waals surface area contributed by atoms with Gasteiger partial charge in [0.2, 0.25) is 0 Å². The fourth-order valence-corrected chi connectivity index (χ4v) is 1.81. The summed E-state index contributed by atoms with van der Waals surface area (Å²) < 4.78 is 13.2. The molecular weight excluding hydrogens is 257 g/mol. The summed E-state index contributed by atoms with van der Waals surface area (Å²) in [4.78, 5) is 23.9. The maximum Gasteiger partial charge on any atom is 0.296 e. The molecule has 0 atom stereocenters. The van der Waals surface area contributed by atoms with Crippen LogP contribution in [0.15, 0.2) is 42.5 Å². The highest BCUT2D eigenvalue weighted by molar-refractivity contribution is 6.46. The molecule has 0 unspecified atom stereocenters. The van der Waals surface area contributed by atoms with Gasteiger partial charge in [-0.2, -0.15) is 0 Å². The molecule has 2 aromatic carbocycles. The molecular formula is C16H14FNO2. The smallest absolute Gasteiger partial charge is 0.296 e. The first kappa shape index (κ1) is 13.9. The van der Waals surface area contributed by atoms with Gasteiger partial charge in [-0.05, 0) is 49.2 Å². The number of anilines is 1. The molecule has 0 aliphatic heterocycles. The fourth-order valence-electron chi connectivity index (χ4n) is 1.81. The van der Waals surface area contributed by atoms with Crippen LogP contribution in [0.2, 0.25) is 0 Å². The van der Waals surface area contributed by atoms with Gasteiger partial charge in [-0.25, -0.2) is 4.39 Å². The van der Waals surface area contributed by atoms with E-state index in [2.05, 4.69) is 5.32 Å². The second-order valence-electron chi connectivity index (χ2n) is 4.56. The third kappa shape index (κ3) is 2.91. The molecule has 102 valence electrons. The highest BCUT2D eigenvalue weighted by Crippen LogP contribution is 2.15. The van der Waals surface area contributed by atoms with E-state index < -0.39 is 17.5 Å². The number of benzene rings is 2. The Balaban J connectivity index is 2.19. The van der Waals surface area contributed by atoms with Crippen LogP contribution >= 0.6 is 0 Å². The van der Waals surface area contributed by atoms with Crippen molar-refractivity contribution >= 4 is 17.4 Å². The van der Waals surface area contributed by atoms with Gasteiger partial charge in [0.25, 0.3) is 11.7 Å². The molecule has 1 amide bonds. The summed E-state index contributed by atoms with van der Waals surface area (Å²) >= 11 is 0. The summed E-state index contributed by atoms with van der Waals surface area (Å²) in [5, 5.41) is 2.56. The zero-order valence-corrected chi connectivity index (χ0v) is 11.2. The largest absolute Gasteiger partial charge is 0.319 e. The van der Waals surface area contributed by atoms with Crippen LogP contribution in [0.4, 0.5) is 10.1 Å². The normalized spacial score (nSPS) is 10.2. The average Bonchev–Trinajstić information content (AvgIpc) is 2.43. The van der Waals surface area contributed by atoms with Gasteiger partial charge in [-0.3, -0.25) is 9.59 Å². The van der Waals surface area contributed by atoms with E-state index in [1.807, 2.05) is 19.1 Å². The van der Waals surface area contributed by atoms with Gasteiger partial charge in [0.1, 0.15) is 5.82 Å². The van der Waals surface area contributed by atoms with Crippen LogP contribution in [0.25, 0.3) is 0 Å². The van der Waals surface area contributed by atoms with Crippen molar-refractivity contribution in [1.29, 1.82) is 0 Å². The van der Waals surface area contributed by atoms with Crippen molar-refractivity contribution in [2.45, 2.75) is 13.8 Å². The molecule has 0 aromatic heterocycles. The van der Waals surface area contributed by atoms with E-state index in [9.17, 15) is 14.0 Å². The lowest BCUT2D eigenvalue weighted by atomic mass is 10.1. The standard InChI is InChI=1S/C16H14FNO2/c1-10-5-3-4-6-14(10)18-16(20)15(19)12-7-8-13(17)11(2)9-12/h3-9H,1-2H3,(H,18,20). The maximum atomic E-state index is 13.2. The molecule has 0 fully saturated rings. The van der Waals surface area contributed by atoms with Gasteiger partial charge in [-0.15, -0.1) is 0 Å². The Bertz CT molecular complexity index is 680. The van der Waals surface area contributed by atoms with E-state index >= 15 is 0 Å². The Morgan fingerprint density at radius 3 is 2.35 bits per heavy atom. The summed E-state index contributed by atoms with van der Waals surface area (Å²) in [6.07, 6.45) is 0. The van der Waals surface area contributed by atoms with E-state index in [4.69, 9.17) is 0 Å². The molecule has 0 aliphatic carbocycles. The van der Waals surface area contributed by atoms with Crippen LogP contribution in [-0.4, -0.2) is 11.7 Å². The molecule has 0 radical (unpaired) electrons. The van der Waals surface area contributed by atoms with Crippen molar-refractivity contribution in [3.8, 4) is 0 Å². The number of nitrogens with one attached hydrogen (secondary N) is 1. The second-order valence-corrected chi connectivity index (χ2v) is 4.56. The molecule has 4 heteroatoms. The topological polar surface area (TPSA) is 46.2 Å². The number of aryl methyl sites for hydroxylation is 2. The summed E-state index contributed by atoms with van der Waals surface area (Å²) in [6.45, 7) is 3.38. The number of hydrogen-bond acceptors (Lipinski definition) is 2. The number of Topliss-reactive ketones (excluding diaryl/α,β-unsaturated/α-hetero) is 1. The number of rotatable bonds is 3. The van der Waals surface area contributed by atoms with Crippen molar-refractivity contribution in [3.05, 3.63) is 65.0 Å². The quantitative estimate of drug-likeness (QED) is 0.688. The van der Waals surface area contributed by atoms with Crippen LogP contribution in [0.5, 0.6) is 0 Å². The molecule has 3 nitrogen and oxygen atoms in total. The number of halogens is 1. The first-order valence-electron chi connectivity index (χ1n) is 6.16. The minimum atomic E-state index is -0.731. The number of ketones is 1. The van der Waals surface area contributed by atoms with Crippen LogP contribution < -0.4 is 5.32 Å². The number of hydrogen-bond donors (Lipinski definition) is 1. The molecule has 0 saturated carbocycles.